The number of hydrogen-bond acceptors (Lipinski definition) is 6. The maximum Gasteiger partial charge on any atom is 0.407 e. The fourth-order valence-corrected chi connectivity index (χ4v) is 4.06. The van der Waals surface area contributed by atoms with Gasteiger partial charge in [0.2, 0.25) is 0 Å². The Morgan fingerprint density at radius 1 is 1.00 bits per heavy atom. The van der Waals surface area contributed by atoms with E-state index in [1.807, 2.05) is 36.4 Å². The van der Waals surface area contributed by atoms with Gasteiger partial charge in [-0.3, -0.25) is 4.79 Å². The Morgan fingerprint density at radius 2 is 1.62 bits per heavy atom. The highest BCUT2D eigenvalue weighted by molar-refractivity contribution is 5.87. The van der Waals surface area contributed by atoms with Gasteiger partial charge in [-0.2, -0.15) is 0 Å². The first kappa shape index (κ1) is 25.2. The Bertz CT molecular complexity index is 965. The topological polar surface area (TPSA) is 123 Å². The van der Waals surface area contributed by atoms with Crippen molar-refractivity contribution in [2.45, 2.75) is 30.9 Å². The van der Waals surface area contributed by atoms with Crippen LogP contribution in [0.1, 0.15) is 29.9 Å². The minimum Gasteiger partial charge on any atom is -0.480 e. The number of alkyl carbamates (subject to hydrolysis) is 1. The predicted molar refractivity (Wildman–Crippen MR) is 125 cm³/mol. The van der Waals surface area contributed by atoms with Crippen LogP contribution in [0.25, 0.3) is 11.1 Å². The van der Waals surface area contributed by atoms with Crippen LogP contribution < -0.4 is 10.6 Å². The van der Waals surface area contributed by atoms with E-state index in [-0.39, 0.29) is 25.5 Å². The van der Waals surface area contributed by atoms with E-state index < -0.39 is 30.1 Å². The minimum absolute atomic E-state index is 0.0805. The summed E-state index contributed by atoms with van der Waals surface area (Å²) in [5.41, 5.74) is 4.45. The van der Waals surface area contributed by atoms with Crippen molar-refractivity contribution in [3.05, 3.63) is 59.7 Å². The van der Waals surface area contributed by atoms with Crippen LogP contribution in [0.4, 0.5) is 4.79 Å². The molecule has 3 N–H and O–H groups in total. The molecule has 0 aliphatic heterocycles. The highest BCUT2D eigenvalue weighted by Gasteiger charge is 2.29. The molecule has 1 aliphatic rings. The van der Waals surface area contributed by atoms with Crippen molar-refractivity contribution < 1.29 is 33.7 Å². The lowest BCUT2D eigenvalue weighted by Crippen LogP contribution is -2.49. The van der Waals surface area contributed by atoms with Gasteiger partial charge < -0.3 is 30.0 Å². The highest BCUT2D eigenvalue weighted by atomic mass is 16.5. The summed E-state index contributed by atoms with van der Waals surface area (Å²) in [6.07, 6.45) is -1.06. The molecule has 9 nitrogen and oxygen atoms in total. The first-order chi connectivity index (χ1) is 16.5. The van der Waals surface area contributed by atoms with Crippen molar-refractivity contribution in [1.82, 2.24) is 10.6 Å². The van der Waals surface area contributed by atoms with E-state index in [2.05, 4.69) is 22.8 Å². The van der Waals surface area contributed by atoms with E-state index in [1.54, 1.807) is 0 Å². The number of aliphatic carboxylic acids is 1. The van der Waals surface area contributed by atoms with E-state index in [9.17, 15) is 19.5 Å². The van der Waals surface area contributed by atoms with Crippen LogP contribution >= 0.6 is 0 Å². The Morgan fingerprint density at radius 3 is 2.18 bits per heavy atom. The number of carboxylic acid groups (broad SMARTS) is 1. The van der Waals surface area contributed by atoms with E-state index in [0.29, 0.717) is 13.0 Å². The normalized spacial score (nSPS) is 13.9. The Hall–Kier alpha value is -3.43. The van der Waals surface area contributed by atoms with Crippen LogP contribution in [-0.2, 0) is 23.8 Å². The zero-order valence-corrected chi connectivity index (χ0v) is 19.3. The molecule has 0 heterocycles. The van der Waals surface area contributed by atoms with Gasteiger partial charge in [0, 0.05) is 26.7 Å². The standard InChI is InChI=1S/C25H30N2O7/c1-32-13-7-12-21(24(29)30)27-23(28)22(33-2)14-26-25(31)34-15-20-18-10-5-3-8-16(18)17-9-4-6-11-19(17)20/h3-6,8-11,20-22H,7,12-15H2,1-2H3,(H,26,31)(H,27,28)(H,29,30). The molecule has 0 bridgehead atoms. The van der Waals surface area contributed by atoms with Gasteiger partial charge in [0.05, 0.1) is 6.54 Å². The zero-order valence-electron chi connectivity index (χ0n) is 19.3. The Balaban J connectivity index is 1.52. The first-order valence-corrected chi connectivity index (χ1v) is 11.1. The van der Waals surface area contributed by atoms with Crippen LogP contribution in [0.2, 0.25) is 0 Å². The quantitative estimate of drug-likeness (QED) is 0.407. The molecule has 9 heteroatoms. The number of fused-ring (bicyclic) bond motifs is 3. The van der Waals surface area contributed by atoms with Crippen LogP contribution in [-0.4, -0.2) is 69.2 Å². The number of carboxylic acids is 1. The van der Waals surface area contributed by atoms with E-state index in [0.717, 1.165) is 22.3 Å². The summed E-state index contributed by atoms with van der Waals surface area (Å²) >= 11 is 0. The molecule has 182 valence electrons. The lowest BCUT2D eigenvalue weighted by Gasteiger charge is -2.20. The van der Waals surface area contributed by atoms with Crippen molar-refractivity contribution in [3.8, 4) is 11.1 Å². The van der Waals surface area contributed by atoms with Gasteiger partial charge in [-0.25, -0.2) is 9.59 Å². The monoisotopic (exact) mass is 470 g/mol. The summed E-state index contributed by atoms with van der Waals surface area (Å²) in [7, 11) is 2.83. The molecule has 2 atom stereocenters. The number of hydrogen-bond donors (Lipinski definition) is 3. The number of carbonyl (C=O) groups excluding carboxylic acids is 2. The van der Waals surface area contributed by atoms with Gasteiger partial charge in [0.1, 0.15) is 12.6 Å². The fourth-order valence-electron chi connectivity index (χ4n) is 4.06. The van der Waals surface area contributed by atoms with Crippen LogP contribution in [0.5, 0.6) is 0 Å². The van der Waals surface area contributed by atoms with Gasteiger partial charge >= 0.3 is 12.1 Å². The summed E-state index contributed by atoms with van der Waals surface area (Å²) < 4.78 is 15.5. The predicted octanol–water partition coefficient (Wildman–Crippen LogP) is 2.54. The molecule has 0 aromatic heterocycles. The largest absolute Gasteiger partial charge is 0.480 e. The first-order valence-electron chi connectivity index (χ1n) is 11.1. The van der Waals surface area contributed by atoms with E-state index >= 15 is 0 Å². The number of benzene rings is 2. The minimum atomic E-state index is -1.15. The second-order valence-corrected chi connectivity index (χ2v) is 7.97. The average Bonchev–Trinajstić information content (AvgIpc) is 3.16. The van der Waals surface area contributed by atoms with Gasteiger partial charge in [-0.1, -0.05) is 48.5 Å². The molecule has 34 heavy (non-hydrogen) atoms. The third kappa shape index (κ3) is 6.12. The lowest BCUT2D eigenvalue weighted by atomic mass is 9.98. The smallest absolute Gasteiger partial charge is 0.407 e. The zero-order chi connectivity index (χ0) is 24.5. The molecule has 0 saturated heterocycles. The summed E-state index contributed by atoms with van der Waals surface area (Å²) in [6.45, 7) is 0.365. The summed E-state index contributed by atoms with van der Waals surface area (Å²) in [5, 5.41) is 14.3. The summed E-state index contributed by atoms with van der Waals surface area (Å²) in [4.78, 5) is 36.2. The molecular formula is C25H30N2O7. The van der Waals surface area contributed by atoms with E-state index in [1.165, 1.54) is 14.2 Å². The number of nitrogens with one attached hydrogen (secondary N) is 2. The second-order valence-electron chi connectivity index (χ2n) is 7.97. The molecule has 0 fully saturated rings. The van der Waals surface area contributed by atoms with Crippen LogP contribution in [0.3, 0.4) is 0 Å². The number of rotatable bonds is 12. The van der Waals surface area contributed by atoms with Crippen LogP contribution in [0.15, 0.2) is 48.5 Å². The molecule has 3 rings (SSSR count). The fraction of sp³-hybridized carbons (Fsp3) is 0.400. The molecule has 2 aromatic carbocycles. The van der Waals surface area contributed by atoms with Gasteiger partial charge in [-0.15, -0.1) is 0 Å². The van der Waals surface area contributed by atoms with Crippen molar-refractivity contribution in [3.63, 3.8) is 0 Å². The molecule has 0 spiro atoms. The Labute approximate surface area is 198 Å². The third-order valence-corrected chi connectivity index (χ3v) is 5.81. The third-order valence-electron chi connectivity index (χ3n) is 5.81. The lowest BCUT2D eigenvalue weighted by molar-refractivity contribution is -0.144. The number of methoxy groups -OCH3 is 2. The van der Waals surface area contributed by atoms with Crippen molar-refractivity contribution in [2.75, 3.05) is 34.0 Å². The second kappa shape index (κ2) is 12.2. The molecule has 2 amide bonds. The molecule has 2 unspecified atom stereocenters. The maximum atomic E-state index is 12.5. The highest BCUT2D eigenvalue weighted by Crippen LogP contribution is 2.44. The van der Waals surface area contributed by atoms with Gasteiger partial charge in [-0.05, 0) is 35.1 Å². The summed E-state index contributed by atoms with van der Waals surface area (Å²) in [5.74, 6) is -1.86. The molecule has 1 aliphatic carbocycles. The number of ether oxygens (including phenoxy) is 3. The Kier molecular flexibility index (Phi) is 9.00. The van der Waals surface area contributed by atoms with Crippen LogP contribution in [0, 0.1) is 0 Å². The van der Waals surface area contributed by atoms with E-state index in [4.69, 9.17) is 14.2 Å². The van der Waals surface area contributed by atoms with Gasteiger partial charge in [0.25, 0.3) is 5.91 Å². The van der Waals surface area contributed by atoms with Gasteiger partial charge in [0.15, 0.2) is 6.10 Å². The van der Waals surface area contributed by atoms with Crippen molar-refractivity contribution in [1.29, 1.82) is 0 Å². The van der Waals surface area contributed by atoms with Crippen molar-refractivity contribution in [2.24, 2.45) is 0 Å². The molecule has 2 aromatic rings. The number of carbonyl (C=O) groups is 3. The molecule has 0 radical (unpaired) electrons. The molecule has 0 saturated carbocycles. The average molecular weight is 471 g/mol. The number of amides is 2. The molecular weight excluding hydrogens is 440 g/mol. The summed E-state index contributed by atoms with van der Waals surface area (Å²) in [6, 6.07) is 15.0. The van der Waals surface area contributed by atoms with Crippen molar-refractivity contribution >= 4 is 18.0 Å². The maximum absolute atomic E-state index is 12.5. The SMILES string of the molecule is COCCCC(NC(=O)C(CNC(=O)OCC1c2ccccc2-c2ccccc21)OC)C(=O)O.